The smallest absolute Gasteiger partial charge is 0.253 e. The fourth-order valence-corrected chi connectivity index (χ4v) is 2.54. The van der Waals surface area contributed by atoms with Gasteiger partial charge in [0.25, 0.3) is 5.91 Å². The number of benzene rings is 1. The summed E-state index contributed by atoms with van der Waals surface area (Å²) < 4.78 is 0.799. The van der Waals surface area contributed by atoms with Gasteiger partial charge in [0.15, 0.2) is 0 Å². The fourth-order valence-electron chi connectivity index (χ4n) is 2.17. The minimum Gasteiger partial charge on any atom is -0.346 e. The van der Waals surface area contributed by atoms with Crippen molar-refractivity contribution in [3.63, 3.8) is 0 Å². The van der Waals surface area contributed by atoms with Crippen molar-refractivity contribution in [2.75, 3.05) is 20.6 Å². The Morgan fingerprint density at radius 1 is 1.29 bits per heavy atom. The lowest BCUT2D eigenvalue weighted by Crippen LogP contribution is -3.07. The lowest BCUT2D eigenvalue weighted by Gasteiger charge is -2.22. The molecule has 21 heavy (non-hydrogen) atoms. The standard InChI is InChI=1S/C16H18BrN3O/c1-20(2)15(12-6-4-3-5-7-12)11-19-16(21)13-8-14(17)10-18-9-13/h3-10,15H,11H2,1-2H3,(H,19,21)/p+1/t15-/m0/s1. The van der Waals surface area contributed by atoms with E-state index < -0.39 is 0 Å². The Morgan fingerprint density at radius 2 is 2.00 bits per heavy atom. The van der Waals surface area contributed by atoms with E-state index in [-0.39, 0.29) is 11.9 Å². The van der Waals surface area contributed by atoms with Crippen molar-refractivity contribution < 1.29 is 9.69 Å². The summed E-state index contributed by atoms with van der Waals surface area (Å²) in [7, 11) is 4.18. The predicted octanol–water partition coefficient (Wildman–Crippen LogP) is 1.46. The Labute approximate surface area is 133 Å². The first kappa shape index (κ1) is 15.7. The number of nitrogens with one attached hydrogen (secondary N) is 2. The van der Waals surface area contributed by atoms with Crippen LogP contribution in [0.4, 0.5) is 0 Å². The van der Waals surface area contributed by atoms with Crippen molar-refractivity contribution in [2.45, 2.75) is 6.04 Å². The summed E-state index contributed by atoms with van der Waals surface area (Å²) in [5, 5.41) is 2.99. The molecule has 1 heterocycles. The molecule has 0 aliphatic carbocycles. The van der Waals surface area contributed by atoms with Crippen molar-refractivity contribution in [1.29, 1.82) is 0 Å². The molecule has 0 fully saturated rings. The number of amides is 1. The summed E-state index contributed by atoms with van der Waals surface area (Å²) >= 11 is 3.32. The quantitative estimate of drug-likeness (QED) is 0.859. The van der Waals surface area contributed by atoms with E-state index in [0.29, 0.717) is 12.1 Å². The van der Waals surface area contributed by atoms with Crippen molar-refractivity contribution >= 4 is 21.8 Å². The molecule has 0 aliphatic heterocycles. The topological polar surface area (TPSA) is 46.4 Å². The monoisotopic (exact) mass is 348 g/mol. The number of likely N-dealkylation sites (N-methyl/N-ethyl adjacent to an activating group) is 1. The van der Waals surface area contributed by atoms with Crippen LogP contribution in [0.15, 0.2) is 53.3 Å². The van der Waals surface area contributed by atoms with Crippen LogP contribution in [0.1, 0.15) is 22.0 Å². The summed E-state index contributed by atoms with van der Waals surface area (Å²) in [5.41, 5.74) is 1.77. The minimum atomic E-state index is -0.106. The Kier molecular flexibility index (Phi) is 5.47. The first-order valence-corrected chi connectivity index (χ1v) is 7.61. The maximum atomic E-state index is 12.2. The van der Waals surface area contributed by atoms with E-state index in [4.69, 9.17) is 0 Å². The average Bonchev–Trinajstić information content (AvgIpc) is 2.48. The van der Waals surface area contributed by atoms with Crippen LogP contribution in [0.5, 0.6) is 0 Å². The number of nitrogens with zero attached hydrogens (tertiary/aromatic N) is 1. The second-order valence-electron chi connectivity index (χ2n) is 5.14. The number of quaternary nitrogens is 1. The van der Waals surface area contributed by atoms with E-state index in [1.165, 1.54) is 10.5 Å². The summed E-state index contributed by atoms with van der Waals surface area (Å²) in [4.78, 5) is 17.5. The molecule has 0 aliphatic rings. The summed E-state index contributed by atoms with van der Waals surface area (Å²) in [6.45, 7) is 0.581. The van der Waals surface area contributed by atoms with Gasteiger partial charge in [-0.3, -0.25) is 9.78 Å². The molecule has 1 aromatic heterocycles. The lowest BCUT2D eigenvalue weighted by molar-refractivity contribution is -0.890. The number of carbonyl (C=O) groups is 1. The van der Waals surface area contributed by atoms with Crippen LogP contribution in [-0.2, 0) is 0 Å². The van der Waals surface area contributed by atoms with Crippen molar-refractivity contribution in [1.82, 2.24) is 10.3 Å². The SMILES string of the molecule is C[NH+](C)[C@@H](CNC(=O)c1cncc(Br)c1)c1ccccc1. The highest BCUT2D eigenvalue weighted by Crippen LogP contribution is 2.11. The van der Waals surface area contributed by atoms with E-state index in [1.54, 1.807) is 18.5 Å². The van der Waals surface area contributed by atoms with Gasteiger partial charge >= 0.3 is 0 Å². The van der Waals surface area contributed by atoms with Crippen molar-refractivity contribution in [2.24, 2.45) is 0 Å². The van der Waals surface area contributed by atoms with Crippen molar-refractivity contribution in [3.8, 4) is 0 Å². The van der Waals surface area contributed by atoms with E-state index >= 15 is 0 Å². The van der Waals surface area contributed by atoms with E-state index in [0.717, 1.165) is 4.47 Å². The highest BCUT2D eigenvalue weighted by Gasteiger charge is 2.18. The van der Waals surface area contributed by atoms with Crippen LogP contribution in [0.3, 0.4) is 0 Å². The number of rotatable bonds is 5. The third-order valence-corrected chi connectivity index (χ3v) is 3.77. The van der Waals surface area contributed by atoms with Crippen LogP contribution in [0, 0.1) is 0 Å². The van der Waals surface area contributed by atoms with Gasteiger partial charge in [0.2, 0.25) is 0 Å². The molecule has 0 spiro atoms. The van der Waals surface area contributed by atoms with E-state index in [9.17, 15) is 4.79 Å². The Hall–Kier alpha value is -1.72. The van der Waals surface area contributed by atoms with Gasteiger partial charge in [0, 0.05) is 22.4 Å². The van der Waals surface area contributed by atoms with Gasteiger partial charge in [-0.1, -0.05) is 30.3 Å². The summed E-state index contributed by atoms with van der Waals surface area (Å²) in [5.74, 6) is -0.106. The molecular formula is C16H19BrN3O+. The Morgan fingerprint density at radius 3 is 2.62 bits per heavy atom. The number of aromatic nitrogens is 1. The van der Waals surface area contributed by atoms with Gasteiger partial charge in [-0.05, 0) is 22.0 Å². The largest absolute Gasteiger partial charge is 0.346 e. The van der Waals surface area contributed by atoms with Crippen LogP contribution in [0.25, 0.3) is 0 Å². The third kappa shape index (κ3) is 4.37. The zero-order valence-electron chi connectivity index (χ0n) is 12.1. The van der Waals surface area contributed by atoms with Crippen LogP contribution < -0.4 is 10.2 Å². The normalized spacial score (nSPS) is 12.2. The minimum absolute atomic E-state index is 0.106. The maximum absolute atomic E-state index is 12.2. The molecule has 0 saturated carbocycles. The van der Waals surface area contributed by atoms with Gasteiger partial charge in [0.1, 0.15) is 6.04 Å². The molecule has 0 saturated heterocycles. The predicted molar refractivity (Wildman–Crippen MR) is 86.3 cm³/mol. The van der Waals surface area contributed by atoms with E-state index in [1.807, 2.05) is 18.2 Å². The van der Waals surface area contributed by atoms with Gasteiger partial charge in [0.05, 0.1) is 26.2 Å². The van der Waals surface area contributed by atoms with Gasteiger partial charge in [-0.25, -0.2) is 0 Å². The number of hydrogen-bond donors (Lipinski definition) is 2. The zero-order chi connectivity index (χ0) is 15.2. The highest BCUT2D eigenvalue weighted by atomic mass is 79.9. The van der Waals surface area contributed by atoms with Crippen LogP contribution in [0.2, 0.25) is 0 Å². The summed E-state index contributed by atoms with van der Waals surface area (Å²) in [6.07, 6.45) is 3.23. The average molecular weight is 349 g/mol. The first-order valence-electron chi connectivity index (χ1n) is 6.81. The second kappa shape index (κ2) is 7.33. The van der Waals surface area contributed by atoms with E-state index in [2.05, 4.69) is 52.5 Å². The van der Waals surface area contributed by atoms with Crippen molar-refractivity contribution in [3.05, 3.63) is 64.4 Å². The second-order valence-corrected chi connectivity index (χ2v) is 6.06. The molecular weight excluding hydrogens is 330 g/mol. The molecule has 0 unspecified atom stereocenters. The molecule has 2 rings (SSSR count). The maximum Gasteiger partial charge on any atom is 0.253 e. The Bertz CT molecular complexity index is 601. The first-order chi connectivity index (χ1) is 10.1. The zero-order valence-corrected chi connectivity index (χ0v) is 13.7. The van der Waals surface area contributed by atoms with Crippen LogP contribution >= 0.6 is 15.9 Å². The molecule has 1 atom stereocenters. The number of carbonyl (C=O) groups excluding carboxylic acids is 1. The molecule has 0 bridgehead atoms. The van der Waals surface area contributed by atoms with Gasteiger partial charge in [-0.2, -0.15) is 0 Å². The summed E-state index contributed by atoms with van der Waals surface area (Å²) in [6, 6.07) is 12.2. The molecule has 2 N–H and O–H groups in total. The molecule has 110 valence electrons. The number of hydrogen-bond acceptors (Lipinski definition) is 2. The van der Waals surface area contributed by atoms with Gasteiger partial charge < -0.3 is 10.2 Å². The molecule has 2 aromatic rings. The Balaban J connectivity index is 2.04. The fraction of sp³-hybridized carbons (Fsp3) is 0.250. The van der Waals surface area contributed by atoms with Crippen LogP contribution in [-0.4, -0.2) is 31.5 Å². The lowest BCUT2D eigenvalue weighted by atomic mass is 10.1. The number of pyridine rings is 1. The molecule has 0 radical (unpaired) electrons. The third-order valence-electron chi connectivity index (χ3n) is 3.33. The number of halogens is 1. The highest BCUT2D eigenvalue weighted by molar-refractivity contribution is 9.10. The van der Waals surface area contributed by atoms with Gasteiger partial charge in [-0.15, -0.1) is 0 Å². The molecule has 1 aromatic carbocycles. The molecule has 5 heteroatoms. The molecule has 1 amide bonds. The molecule has 4 nitrogen and oxygen atoms in total.